The third kappa shape index (κ3) is 4.59. The Morgan fingerprint density at radius 2 is 2.18 bits per heavy atom. The van der Waals surface area contributed by atoms with Crippen molar-refractivity contribution in [3.8, 4) is 0 Å². The standard InChI is InChI=1S/C13H19BrClNO/c1-4-17-9(2)13(16-3)7-10-5-6-11(14)8-12(10)15/h5-6,8-9,13,16H,4,7H2,1-3H3. The van der Waals surface area contributed by atoms with Crippen LogP contribution in [-0.4, -0.2) is 25.8 Å². The molecule has 96 valence electrons. The molecular weight excluding hydrogens is 302 g/mol. The highest BCUT2D eigenvalue weighted by Crippen LogP contribution is 2.23. The molecule has 0 heterocycles. The van der Waals surface area contributed by atoms with Gasteiger partial charge >= 0.3 is 0 Å². The summed E-state index contributed by atoms with van der Waals surface area (Å²) in [4.78, 5) is 0. The largest absolute Gasteiger partial charge is 0.377 e. The Morgan fingerprint density at radius 1 is 1.47 bits per heavy atom. The molecule has 1 N–H and O–H groups in total. The lowest BCUT2D eigenvalue weighted by molar-refractivity contribution is 0.0497. The van der Waals surface area contributed by atoms with Gasteiger partial charge in [0.15, 0.2) is 0 Å². The highest BCUT2D eigenvalue weighted by atomic mass is 79.9. The molecule has 2 atom stereocenters. The lowest BCUT2D eigenvalue weighted by atomic mass is 10.0. The van der Waals surface area contributed by atoms with E-state index in [2.05, 4.69) is 34.2 Å². The van der Waals surface area contributed by atoms with E-state index in [-0.39, 0.29) is 12.1 Å². The zero-order chi connectivity index (χ0) is 12.8. The van der Waals surface area contributed by atoms with E-state index < -0.39 is 0 Å². The molecule has 0 amide bonds. The maximum Gasteiger partial charge on any atom is 0.0702 e. The van der Waals surface area contributed by atoms with E-state index >= 15 is 0 Å². The van der Waals surface area contributed by atoms with Gasteiger partial charge in [-0.25, -0.2) is 0 Å². The molecule has 0 aliphatic rings. The van der Waals surface area contributed by atoms with Crippen molar-refractivity contribution >= 4 is 27.5 Å². The number of rotatable bonds is 6. The molecule has 1 rings (SSSR count). The summed E-state index contributed by atoms with van der Waals surface area (Å²) in [6, 6.07) is 6.26. The first kappa shape index (κ1) is 15.0. The molecule has 0 saturated heterocycles. The Balaban J connectivity index is 2.73. The van der Waals surface area contributed by atoms with Crippen molar-refractivity contribution in [1.82, 2.24) is 5.32 Å². The minimum atomic E-state index is 0.171. The van der Waals surface area contributed by atoms with Crippen LogP contribution in [0.1, 0.15) is 19.4 Å². The van der Waals surface area contributed by atoms with Crippen LogP contribution in [0.3, 0.4) is 0 Å². The fraction of sp³-hybridized carbons (Fsp3) is 0.538. The van der Waals surface area contributed by atoms with E-state index in [0.29, 0.717) is 0 Å². The van der Waals surface area contributed by atoms with Crippen molar-refractivity contribution in [2.24, 2.45) is 0 Å². The topological polar surface area (TPSA) is 21.3 Å². The fourth-order valence-corrected chi connectivity index (χ4v) is 2.56. The molecule has 0 bridgehead atoms. The van der Waals surface area contributed by atoms with E-state index in [4.69, 9.17) is 16.3 Å². The second kappa shape index (κ2) is 7.37. The van der Waals surface area contributed by atoms with Crippen LogP contribution < -0.4 is 5.32 Å². The predicted octanol–water partition coefficient (Wildman–Crippen LogP) is 3.66. The zero-order valence-electron chi connectivity index (χ0n) is 10.5. The molecule has 0 spiro atoms. The maximum atomic E-state index is 6.21. The summed E-state index contributed by atoms with van der Waals surface area (Å²) >= 11 is 9.62. The molecule has 0 aliphatic heterocycles. The van der Waals surface area contributed by atoms with Gasteiger partial charge < -0.3 is 10.1 Å². The van der Waals surface area contributed by atoms with E-state index in [1.807, 2.05) is 26.1 Å². The second-order valence-electron chi connectivity index (χ2n) is 4.00. The molecule has 2 nitrogen and oxygen atoms in total. The summed E-state index contributed by atoms with van der Waals surface area (Å²) in [5.74, 6) is 0. The fourth-order valence-electron chi connectivity index (χ4n) is 1.81. The number of nitrogens with one attached hydrogen (secondary N) is 1. The number of hydrogen-bond acceptors (Lipinski definition) is 2. The molecule has 1 aromatic rings. The Bertz CT molecular complexity index is 359. The van der Waals surface area contributed by atoms with E-state index in [0.717, 1.165) is 28.1 Å². The van der Waals surface area contributed by atoms with Gasteiger partial charge in [-0.1, -0.05) is 33.6 Å². The quantitative estimate of drug-likeness (QED) is 0.864. The number of likely N-dealkylation sites (N-methyl/N-ethyl adjacent to an activating group) is 1. The number of ether oxygens (including phenoxy) is 1. The number of halogens is 2. The van der Waals surface area contributed by atoms with Crippen LogP contribution >= 0.6 is 27.5 Å². The molecule has 0 saturated carbocycles. The minimum absolute atomic E-state index is 0.171. The predicted molar refractivity (Wildman–Crippen MR) is 76.8 cm³/mol. The Hall–Kier alpha value is -0.0900. The highest BCUT2D eigenvalue weighted by Gasteiger charge is 2.17. The molecule has 17 heavy (non-hydrogen) atoms. The van der Waals surface area contributed by atoms with Gasteiger partial charge in [-0.15, -0.1) is 0 Å². The highest BCUT2D eigenvalue weighted by molar-refractivity contribution is 9.10. The Morgan fingerprint density at radius 3 is 2.71 bits per heavy atom. The number of benzene rings is 1. The van der Waals surface area contributed by atoms with Crippen molar-refractivity contribution in [1.29, 1.82) is 0 Å². The molecule has 0 radical (unpaired) electrons. The maximum absolute atomic E-state index is 6.21. The molecular formula is C13H19BrClNO. The summed E-state index contributed by atoms with van der Waals surface area (Å²) in [6.45, 7) is 4.82. The third-order valence-electron chi connectivity index (χ3n) is 2.82. The van der Waals surface area contributed by atoms with Crippen LogP contribution in [-0.2, 0) is 11.2 Å². The van der Waals surface area contributed by atoms with Crippen LogP contribution in [0.25, 0.3) is 0 Å². The molecule has 0 fully saturated rings. The minimum Gasteiger partial charge on any atom is -0.377 e. The average Bonchev–Trinajstić information content (AvgIpc) is 2.28. The van der Waals surface area contributed by atoms with Crippen molar-refractivity contribution < 1.29 is 4.74 Å². The first-order valence-electron chi connectivity index (χ1n) is 5.81. The Labute approximate surface area is 117 Å². The summed E-state index contributed by atoms with van der Waals surface area (Å²) in [7, 11) is 1.95. The van der Waals surface area contributed by atoms with Crippen molar-refractivity contribution in [2.75, 3.05) is 13.7 Å². The smallest absolute Gasteiger partial charge is 0.0702 e. The molecule has 0 aromatic heterocycles. The van der Waals surface area contributed by atoms with E-state index in [9.17, 15) is 0 Å². The SMILES string of the molecule is CCOC(C)C(Cc1ccc(Br)cc1Cl)NC. The van der Waals surface area contributed by atoms with Gasteiger partial charge in [0.25, 0.3) is 0 Å². The van der Waals surface area contributed by atoms with Crippen LogP contribution in [0, 0.1) is 0 Å². The van der Waals surface area contributed by atoms with Gasteiger partial charge in [-0.3, -0.25) is 0 Å². The summed E-state index contributed by atoms with van der Waals surface area (Å²) < 4.78 is 6.62. The molecule has 1 aromatic carbocycles. The van der Waals surface area contributed by atoms with Crippen LogP contribution in [0.4, 0.5) is 0 Å². The summed E-state index contributed by atoms with van der Waals surface area (Å²) in [6.07, 6.45) is 1.04. The average molecular weight is 321 g/mol. The van der Waals surface area contributed by atoms with Gasteiger partial charge in [0.1, 0.15) is 0 Å². The van der Waals surface area contributed by atoms with Gasteiger partial charge in [0.05, 0.1) is 6.10 Å². The third-order valence-corrected chi connectivity index (χ3v) is 3.67. The van der Waals surface area contributed by atoms with Gasteiger partial charge in [-0.2, -0.15) is 0 Å². The van der Waals surface area contributed by atoms with Crippen molar-refractivity contribution in [3.63, 3.8) is 0 Å². The van der Waals surface area contributed by atoms with Crippen LogP contribution in [0.5, 0.6) is 0 Å². The second-order valence-corrected chi connectivity index (χ2v) is 5.32. The Kier molecular flexibility index (Phi) is 6.49. The summed E-state index contributed by atoms with van der Waals surface area (Å²) in [5.41, 5.74) is 1.14. The van der Waals surface area contributed by atoms with Crippen LogP contribution in [0.15, 0.2) is 22.7 Å². The lowest BCUT2D eigenvalue weighted by Crippen LogP contribution is -2.39. The monoisotopic (exact) mass is 319 g/mol. The molecule has 4 heteroatoms. The van der Waals surface area contributed by atoms with Crippen molar-refractivity contribution in [2.45, 2.75) is 32.4 Å². The number of hydrogen-bond donors (Lipinski definition) is 1. The van der Waals surface area contributed by atoms with Crippen molar-refractivity contribution in [3.05, 3.63) is 33.3 Å². The lowest BCUT2D eigenvalue weighted by Gasteiger charge is -2.24. The van der Waals surface area contributed by atoms with Gasteiger partial charge in [0.2, 0.25) is 0 Å². The van der Waals surface area contributed by atoms with E-state index in [1.165, 1.54) is 0 Å². The zero-order valence-corrected chi connectivity index (χ0v) is 12.8. The van der Waals surface area contributed by atoms with Crippen LogP contribution in [0.2, 0.25) is 5.02 Å². The molecule has 2 unspecified atom stereocenters. The normalized spacial score (nSPS) is 14.6. The first-order chi connectivity index (χ1) is 8.08. The first-order valence-corrected chi connectivity index (χ1v) is 6.98. The molecule has 0 aliphatic carbocycles. The van der Waals surface area contributed by atoms with Gasteiger partial charge in [0, 0.05) is 22.1 Å². The van der Waals surface area contributed by atoms with Gasteiger partial charge in [-0.05, 0) is 45.0 Å². The summed E-state index contributed by atoms with van der Waals surface area (Å²) in [5, 5.41) is 4.08. The van der Waals surface area contributed by atoms with E-state index in [1.54, 1.807) is 0 Å².